The van der Waals surface area contributed by atoms with Crippen molar-refractivity contribution in [3.8, 4) is 11.4 Å². The van der Waals surface area contributed by atoms with Gasteiger partial charge in [0.1, 0.15) is 0 Å². The Morgan fingerprint density at radius 2 is 1.86 bits per heavy atom. The van der Waals surface area contributed by atoms with Crippen LogP contribution in [0, 0.1) is 6.92 Å². The molecule has 0 amide bonds. The first-order valence-electron chi connectivity index (χ1n) is 9.85. The second-order valence-corrected chi connectivity index (χ2v) is 7.75. The van der Waals surface area contributed by atoms with Crippen LogP contribution in [-0.4, -0.2) is 26.0 Å². The first-order valence-corrected chi connectivity index (χ1v) is 9.85. The molecule has 4 heteroatoms. The lowest BCUT2D eigenvalue weighted by atomic mass is 10.1. The molecule has 0 spiro atoms. The highest BCUT2D eigenvalue weighted by atomic mass is 15.2. The molecule has 5 rings (SSSR count). The van der Waals surface area contributed by atoms with Crippen LogP contribution >= 0.6 is 0 Å². The molecule has 0 saturated carbocycles. The Kier molecular flexibility index (Phi) is 4.21. The highest BCUT2D eigenvalue weighted by molar-refractivity contribution is 5.81. The number of aromatic nitrogens is 3. The maximum atomic E-state index is 4.91. The van der Waals surface area contributed by atoms with Gasteiger partial charge in [0, 0.05) is 49.7 Å². The zero-order valence-corrected chi connectivity index (χ0v) is 16.4. The predicted octanol–water partition coefficient (Wildman–Crippen LogP) is 4.50. The summed E-state index contributed by atoms with van der Waals surface area (Å²) >= 11 is 0. The lowest BCUT2D eigenvalue weighted by Crippen LogP contribution is -2.31. The van der Waals surface area contributed by atoms with Crippen molar-refractivity contribution in [1.29, 1.82) is 0 Å². The highest BCUT2D eigenvalue weighted by Crippen LogP contribution is 2.24. The van der Waals surface area contributed by atoms with Crippen LogP contribution in [0.3, 0.4) is 0 Å². The minimum absolute atomic E-state index is 0.824. The third-order valence-corrected chi connectivity index (χ3v) is 5.77. The van der Waals surface area contributed by atoms with E-state index in [1.54, 1.807) is 0 Å². The molecule has 0 aliphatic carbocycles. The quantitative estimate of drug-likeness (QED) is 0.534. The second-order valence-electron chi connectivity index (χ2n) is 7.75. The van der Waals surface area contributed by atoms with Gasteiger partial charge in [-0.15, -0.1) is 0 Å². The lowest BCUT2D eigenvalue weighted by molar-refractivity contribution is 0.236. The first-order chi connectivity index (χ1) is 13.7. The smallest absolute Gasteiger partial charge is 0.159 e. The Morgan fingerprint density at radius 1 is 1.04 bits per heavy atom. The van der Waals surface area contributed by atoms with Gasteiger partial charge in [-0.05, 0) is 36.4 Å². The van der Waals surface area contributed by atoms with Crippen LogP contribution in [0.15, 0.2) is 60.8 Å². The summed E-state index contributed by atoms with van der Waals surface area (Å²) in [6, 6.07) is 19.3. The molecule has 3 heterocycles. The van der Waals surface area contributed by atoms with Crippen molar-refractivity contribution in [2.45, 2.75) is 26.4 Å². The highest BCUT2D eigenvalue weighted by Gasteiger charge is 2.20. The van der Waals surface area contributed by atoms with Crippen molar-refractivity contribution in [3.05, 3.63) is 83.3 Å². The topological polar surface area (TPSA) is 34.0 Å². The van der Waals surface area contributed by atoms with E-state index in [9.17, 15) is 0 Å². The van der Waals surface area contributed by atoms with Gasteiger partial charge < -0.3 is 4.57 Å². The summed E-state index contributed by atoms with van der Waals surface area (Å²) in [6.07, 6.45) is 3.03. The molecule has 1 aliphatic heterocycles. The normalized spacial score (nSPS) is 14.4. The molecule has 0 atom stereocenters. The average molecular weight is 368 g/mol. The van der Waals surface area contributed by atoms with Gasteiger partial charge in [-0.25, -0.2) is 9.97 Å². The molecule has 0 radical (unpaired) electrons. The van der Waals surface area contributed by atoms with Crippen molar-refractivity contribution < 1.29 is 0 Å². The third kappa shape index (κ3) is 3.10. The molecule has 4 aromatic rings. The third-order valence-electron chi connectivity index (χ3n) is 5.77. The minimum atomic E-state index is 0.824. The molecular formula is C24H24N4. The van der Waals surface area contributed by atoms with E-state index in [4.69, 9.17) is 4.98 Å². The Hall–Kier alpha value is -2.98. The van der Waals surface area contributed by atoms with Gasteiger partial charge in [0.15, 0.2) is 5.82 Å². The summed E-state index contributed by atoms with van der Waals surface area (Å²) in [5.41, 5.74) is 7.41. The standard InChI is InChI=1S/C24H24N4/c1-17-7-9-18(10-8-17)24-25-14-20-11-12-28(16-22(20)26-24)15-21-13-19-5-3-4-6-23(19)27(21)2/h3-10,13-14H,11-12,15-16H2,1-2H3. The van der Waals surface area contributed by atoms with E-state index in [0.29, 0.717) is 0 Å². The van der Waals surface area contributed by atoms with Crippen LogP contribution in [0.1, 0.15) is 22.5 Å². The molecule has 0 saturated heterocycles. The van der Waals surface area contributed by atoms with Gasteiger partial charge in [-0.3, -0.25) is 4.90 Å². The fourth-order valence-corrected chi connectivity index (χ4v) is 4.06. The summed E-state index contributed by atoms with van der Waals surface area (Å²) in [5, 5.41) is 1.31. The number of para-hydroxylation sites is 1. The van der Waals surface area contributed by atoms with Crippen molar-refractivity contribution in [2.75, 3.05) is 6.54 Å². The number of hydrogen-bond acceptors (Lipinski definition) is 3. The van der Waals surface area contributed by atoms with Crippen molar-refractivity contribution in [1.82, 2.24) is 19.4 Å². The minimum Gasteiger partial charge on any atom is -0.346 e. The van der Waals surface area contributed by atoms with Crippen LogP contribution in [-0.2, 0) is 26.6 Å². The summed E-state index contributed by atoms with van der Waals surface area (Å²) in [4.78, 5) is 12.0. The van der Waals surface area contributed by atoms with E-state index in [0.717, 1.165) is 43.1 Å². The number of fused-ring (bicyclic) bond motifs is 2. The van der Waals surface area contributed by atoms with E-state index in [1.807, 2.05) is 6.20 Å². The van der Waals surface area contributed by atoms with Crippen LogP contribution in [0.25, 0.3) is 22.3 Å². The largest absolute Gasteiger partial charge is 0.346 e. The number of aryl methyl sites for hydroxylation is 2. The van der Waals surface area contributed by atoms with Gasteiger partial charge in [-0.2, -0.15) is 0 Å². The summed E-state index contributed by atoms with van der Waals surface area (Å²) < 4.78 is 2.31. The Labute approximate surface area is 165 Å². The fraction of sp³-hybridized carbons (Fsp3) is 0.250. The van der Waals surface area contributed by atoms with E-state index >= 15 is 0 Å². The zero-order chi connectivity index (χ0) is 19.1. The first kappa shape index (κ1) is 17.1. The summed E-state index contributed by atoms with van der Waals surface area (Å²) in [5.74, 6) is 0.824. The number of benzene rings is 2. The van der Waals surface area contributed by atoms with Crippen molar-refractivity contribution in [3.63, 3.8) is 0 Å². The molecule has 0 fully saturated rings. The summed E-state index contributed by atoms with van der Waals surface area (Å²) in [6.45, 7) is 4.96. The SMILES string of the molecule is Cc1ccc(-c2ncc3c(n2)CN(Cc2cc4ccccc4n2C)CC3)cc1. The average Bonchev–Trinajstić information content (AvgIpc) is 3.04. The molecule has 140 valence electrons. The molecule has 0 bridgehead atoms. The maximum absolute atomic E-state index is 4.91. The molecule has 4 nitrogen and oxygen atoms in total. The van der Waals surface area contributed by atoms with Gasteiger partial charge in [-0.1, -0.05) is 48.0 Å². The van der Waals surface area contributed by atoms with Crippen molar-refractivity contribution in [2.24, 2.45) is 7.05 Å². The van der Waals surface area contributed by atoms with E-state index < -0.39 is 0 Å². The number of hydrogen-bond donors (Lipinski definition) is 0. The van der Waals surface area contributed by atoms with Gasteiger partial charge in [0.25, 0.3) is 0 Å². The molecule has 0 N–H and O–H groups in total. The number of nitrogens with zero attached hydrogens (tertiary/aromatic N) is 4. The van der Waals surface area contributed by atoms with Crippen LogP contribution in [0.2, 0.25) is 0 Å². The monoisotopic (exact) mass is 368 g/mol. The molecular weight excluding hydrogens is 344 g/mol. The van der Waals surface area contributed by atoms with E-state index in [1.165, 1.54) is 27.7 Å². The molecule has 28 heavy (non-hydrogen) atoms. The Bertz CT molecular complexity index is 1140. The second kappa shape index (κ2) is 6.88. The van der Waals surface area contributed by atoms with Crippen LogP contribution < -0.4 is 0 Å². The van der Waals surface area contributed by atoms with E-state index in [2.05, 4.69) is 83.0 Å². The molecule has 2 aromatic carbocycles. The van der Waals surface area contributed by atoms with Crippen molar-refractivity contribution >= 4 is 10.9 Å². The Balaban J connectivity index is 1.40. The van der Waals surface area contributed by atoms with Gasteiger partial charge in [0.05, 0.1) is 5.69 Å². The molecule has 0 unspecified atom stereocenters. The number of rotatable bonds is 3. The maximum Gasteiger partial charge on any atom is 0.159 e. The predicted molar refractivity (Wildman–Crippen MR) is 113 cm³/mol. The molecule has 1 aliphatic rings. The fourth-order valence-electron chi connectivity index (χ4n) is 4.06. The van der Waals surface area contributed by atoms with Gasteiger partial charge in [0.2, 0.25) is 0 Å². The van der Waals surface area contributed by atoms with Gasteiger partial charge >= 0.3 is 0 Å². The van der Waals surface area contributed by atoms with Crippen LogP contribution in [0.5, 0.6) is 0 Å². The van der Waals surface area contributed by atoms with E-state index in [-0.39, 0.29) is 0 Å². The Morgan fingerprint density at radius 3 is 2.68 bits per heavy atom. The zero-order valence-electron chi connectivity index (χ0n) is 16.4. The molecule has 2 aromatic heterocycles. The lowest BCUT2D eigenvalue weighted by Gasteiger charge is -2.28. The summed E-state index contributed by atoms with van der Waals surface area (Å²) in [7, 11) is 2.16. The van der Waals surface area contributed by atoms with Crippen LogP contribution in [0.4, 0.5) is 0 Å².